The molecule has 0 saturated heterocycles. The summed E-state index contributed by atoms with van der Waals surface area (Å²) < 4.78 is 0. The maximum absolute atomic E-state index is 13.6. The van der Waals surface area contributed by atoms with E-state index in [0.29, 0.717) is 19.3 Å². The summed E-state index contributed by atoms with van der Waals surface area (Å²) in [6.45, 7) is 12.6. The van der Waals surface area contributed by atoms with E-state index in [1.54, 1.807) is 0 Å². The standard InChI is InChI=1S/C28H46O6/c1-15(17(3)14-29)6-7-16(2)18-12-20(31)25-26(18,4)11-9-22-27(5)10-8-19(30)24(33)23(27)21(32)13-28(22,25)34/h16-19,21-25,29-30,32-34H,1,6-14H2,2-5H3/t16-,17-,18-,19+,21+,22-,23?,24+,25-,26-,27-,28+/m1/s1. The van der Waals surface area contributed by atoms with Gasteiger partial charge >= 0.3 is 0 Å². The Morgan fingerprint density at radius 2 is 1.74 bits per heavy atom. The maximum Gasteiger partial charge on any atom is 0.139 e. The van der Waals surface area contributed by atoms with E-state index in [1.807, 2.05) is 13.8 Å². The van der Waals surface area contributed by atoms with E-state index in [-0.39, 0.29) is 47.9 Å². The lowest BCUT2D eigenvalue weighted by Gasteiger charge is -2.65. The topological polar surface area (TPSA) is 118 Å². The minimum Gasteiger partial charge on any atom is -0.396 e. The van der Waals surface area contributed by atoms with Crippen LogP contribution in [-0.2, 0) is 4.79 Å². The minimum atomic E-state index is -1.29. The number of Topliss-reactive ketones (excluding diaryl/α,β-unsaturated/α-hetero) is 1. The van der Waals surface area contributed by atoms with Gasteiger partial charge in [-0.05, 0) is 73.0 Å². The van der Waals surface area contributed by atoms with E-state index in [2.05, 4.69) is 20.4 Å². The van der Waals surface area contributed by atoms with Crippen LogP contribution >= 0.6 is 0 Å². The molecule has 12 atom stereocenters. The lowest BCUT2D eigenvalue weighted by molar-refractivity contribution is -0.269. The van der Waals surface area contributed by atoms with Gasteiger partial charge in [0.15, 0.2) is 0 Å². The highest BCUT2D eigenvalue weighted by molar-refractivity contribution is 5.86. The predicted octanol–water partition coefficient (Wildman–Crippen LogP) is 2.84. The highest BCUT2D eigenvalue weighted by Crippen LogP contribution is 2.69. The fourth-order valence-electron chi connectivity index (χ4n) is 9.20. The second-order valence-electron chi connectivity index (χ2n) is 13.0. The molecule has 0 aromatic carbocycles. The van der Waals surface area contributed by atoms with E-state index in [9.17, 15) is 30.3 Å². The van der Waals surface area contributed by atoms with Crippen LogP contribution in [0.1, 0.15) is 79.1 Å². The molecule has 0 amide bonds. The molecule has 0 aromatic heterocycles. The van der Waals surface area contributed by atoms with E-state index < -0.39 is 41.2 Å². The molecule has 1 unspecified atom stereocenters. The third-order valence-corrected chi connectivity index (χ3v) is 11.2. The molecule has 194 valence electrons. The van der Waals surface area contributed by atoms with Gasteiger partial charge in [0.05, 0.1) is 29.8 Å². The molecule has 4 saturated carbocycles. The largest absolute Gasteiger partial charge is 0.396 e. The number of carbonyl (C=O) groups is 1. The summed E-state index contributed by atoms with van der Waals surface area (Å²) in [5.41, 5.74) is -1.11. The summed E-state index contributed by atoms with van der Waals surface area (Å²) in [5.74, 6) is -0.562. The molecular weight excluding hydrogens is 432 g/mol. The summed E-state index contributed by atoms with van der Waals surface area (Å²) >= 11 is 0. The molecule has 4 aliphatic rings. The summed E-state index contributed by atoms with van der Waals surface area (Å²) in [5, 5.41) is 53.9. The fraction of sp³-hybridized carbons (Fsp3) is 0.893. The molecule has 4 fully saturated rings. The molecule has 5 N–H and O–H groups in total. The first-order valence-corrected chi connectivity index (χ1v) is 13.4. The molecule has 0 aliphatic heterocycles. The van der Waals surface area contributed by atoms with Crippen molar-refractivity contribution in [3.05, 3.63) is 12.2 Å². The lowest BCUT2D eigenvalue weighted by atomic mass is 9.41. The normalized spacial score (nSPS) is 50.1. The number of fused-ring (bicyclic) bond motifs is 5. The Kier molecular flexibility index (Phi) is 6.92. The minimum absolute atomic E-state index is 0.0682. The van der Waals surface area contributed by atoms with Gasteiger partial charge in [0.1, 0.15) is 5.78 Å². The van der Waals surface area contributed by atoms with Crippen LogP contribution < -0.4 is 0 Å². The second kappa shape index (κ2) is 8.95. The summed E-state index contributed by atoms with van der Waals surface area (Å²) in [6, 6.07) is 0. The van der Waals surface area contributed by atoms with Gasteiger partial charge in [-0.15, -0.1) is 0 Å². The van der Waals surface area contributed by atoms with Crippen molar-refractivity contribution in [3.63, 3.8) is 0 Å². The van der Waals surface area contributed by atoms with E-state index in [0.717, 1.165) is 31.3 Å². The molecule has 0 spiro atoms. The van der Waals surface area contributed by atoms with Crippen molar-refractivity contribution in [2.24, 2.45) is 46.3 Å². The maximum atomic E-state index is 13.6. The number of hydrogen-bond donors (Lipinski definition) is 5. The average Bonchev–Trinajstić information content (AvgIpc) is 3.05. The highest BCUT2D eigenvalue weighted by atomic mass is 16.3. The SMILES string of the molecule is C=C(CC[C@@H](C)[C@H]1CC(=O)[C@@H]2[C@]1(C)CC[C@H]1[C@@]2(O)C[C@H](O)C2[C@@H](O)[C@@H](O)CC[C@@]21C)[C@H](C)CO. The fourth-order valence-corrected chi connectivity index (χ4v) is 9.20. The molecule has 0 heterocycles. The van der Waals surface area contributed by atoms with Crippen molar-refractivity contribution in [2.75, 3.05) is 6.61 Å². The van der Waals surface area contributed by atoms with Crippen LogP contribution in [0.3, 0.4) is 0 Å². The number of hydrogen-bond acceptors (Lipinski definition) is 6. The van der Waals surface area contributed by atoms with Crippen LogP contribution in [0.15, 0.2) is 12.2 Å². The molecule has 0 bridgehead atoms. The quantitative estimate of drug-likeness (QED) is 0.375. The Hall–Kier alpha value is -0.790. The zero-order valence-corrected chi connectivity index (χ0v) is 21.4. The van der Waals surface area contributed by atoms with Gasteiger partial charge < -0.3 is 25.5 Å². The Bertz CT molecular complexity index is 813. The van der Waals surface area contributed by atoms with Crippen molar-refractivity contribution in [1.82, 2.24) is 0 Å². The first kappa shape index (κ1) is 26.3. The van der Waals surface area contributed by atoms with E-state index in [4.69, 9.17) is 0 Å². The Labute approximate surface area is 204 Å². The van der Waals surface area contributed by atoms with Crippen molar-refractivity contribution in [1.29, 1.82) is 0 Å². The first-order chi connectivity index (χ1) is 15.8. The van der Waals surface area contributed by atoms with Crippen molar-refractivity contribution in [3.8, 4) is 0 Å². The Morgan fingerprint density at radius 1 is 1.09 bits per heavy atom. The molecule has 6 heteroatoms. The van der Waals surface area contributed by atoms with Crippen LogP contribution in [-0.4, -0.2) is 61.8 Å². The molecule has 34 heavy (non-hydrogen) atoms. The summed E-state index contributed by atoms with van der Waals surface area (Å²) in [6.07, 6.45) is 2.12. The predicted molar refractivity (Wildman–Crippen MR) is 130 cm³/mol. The van der Waals surface area contributed by atoms with E-state index in [1.165, 1.54) is 0 Å². The van der Waals surface area contributed by atoms with Gasteiger partial charge in [-0.1, -0.05) is 39.8 Å². The highest BCUT2D eigenvalue weighted by Gasteiger charge is 2.71. The molecule has 0 radical (unpaired) electrons. The van der Waals surface area contributed by atoms with Crippen LogP contribution in [0.25, 0.3) is 0 Å². The number of ketones is 1. The molecule has 0 aromatic rings. The molecule has 4 rings (SSSR count). The van der Waals surface area contributed by atoms with Crippen LogP contribution in [0.2, 0.25) is 0 Å². The zero-order valence-electron chi connectivity index (χ0n) is 21.4. The van der Waals surface area contributed by atoms with Crippen LogP contribution in [0.4, 0.5) is 0 Å². The van der Waals surface area contributed by atoms with Gasteiger partial charge in [-0.25, -0.2) is 0 Å². The zero-order chi connectivity index (χ0) is 25.2. The number of rotatable bonds is 6. The van der Waals surface area contributed by atoms with Gasteiger partial charge in [0.2, 0.25) is 0 Å². The molecule has 4 aliphatic carbocycles. The Balaban J connectivity index is 1.60. The number of carbonyl (C=O) groups excluding carboxylic acids is 1. The van der Waals surface area contributed by atoms with Crippen molar-refractivity contribution in [2.45, 2.75) is 103 Å². The van der Waals surface area contributed by atoms with Crippen LogP contribution in [0, 0.1) is 46.3 Å². The second-order valence-corrected chi connectivity index (χ2v) is 13.0. The van der Waals surface area contributed by atoms with Gasteiger partial charge in [0, 0.05) is 25.4 Å². The van der Waals surface area contributed by atoms with Gasteiger partial charge in [-0.3, -0.25) is 4.79 Å². The van der Waals surface area contributed by atoms with Crippen molar-refractivity contribution >= 4 is 5.78 Å². The third kappa shape index (κ3) is 3.75. The van der Waals surface area contributed by atoms with Gasteiger partial charge in [0.25, 0.3) is 0 Å². The smallest absolute Gasteiger partial charge is 0.139 e. The summed E-state index contributed by atoms with van der Waals surface area (Å²) in [4.78, 5) is 13.6. The monoisotopic (exact) mass is 478 g/mol. The van der Waals surface area contributed by atoms with Crippen molar-refractivity contribution < 1.29 is 30.3 Å². The van der Waals surface area contributed by atoms with Gasteiger partial charge in [-0.2, -0.15) is 0 Å². The lowest BCUT2D eigenvalue weighted by Crippen LogP contribution is -2.70. The first-order valence-electron chi connectivity index (χ1n) is 13.4. The molecular formula is C28H46O6. The van der Waals surface area contributed by atoms with E-state index >= 15 is 0 Å². The average molecular weight is 479 g/mol. The Morgan fingerprint density at radius 3 is 2.38 bits per heavy atom. The number of aliphatic hydroxyl groups is 5. The third-order valence-electron chi connectivity index (χ3n) is 11.2. The summed E-state index contributed by atoms with van der Waals surface area (Å²) in [7, 11) is 0. The molecule has 6 nitrogen and oxygen atoms in total. The number of aliphatic hydroxyl groups excluding tert-OH is 4. The van der Waals surface area contributed by atoms with Crippen LogP contribution in [0.5, 0.6) is 0 Å².